The molecule has 0 unspecified atom stereocenters. The number of hydrogen-bond donors (Lipinski definition) is 2. The summed E-state index contributed by atoms with van der Waals surface area (Å²) in [7, 11) is 0. The van der Waals surface area contributed by atoms with Crippen molar-refractivity contribution in [1.29, 1.82) is 0 Å². The zero-order chi connectivity index (χ0) is 13.1. The van der Waals surface area contributed by atoms with Gasteiger partial charge in [0.25, 0.3) is 0 Å². The molecule has 0 aliphatic heterocycles. The first kappa shape index (κ1) is 12.8. The number of halogens is 1. The Morgan fingerprint density at radius 3 is 2.33 bits per heavy atom. The zero-order valence-corrected chi connectivity index (χ0v) is 11.1. The van der Waals surface area contributed by atoms with Gasteiger partial charge in [-0.2, -0.15) is 0 Å². The van der Waals surface area contributed by atoms with Crippen LogP contribution >= 0.6 is 15.9 Å². The van der Waals surface area contributed by atoms with Crippen LogP contribution < -0.4 is 5.73 Å². The lowest BCUT2D eigenvalue weighted by atomic mass is 10.0. The van der Waals surface area contributed by atoms with Gasteiger partial charge in [-0.05, 0) is 34.9 Å². The van der Waals surface area contributed by atoms with E-state index >= 15 is 0 Å². The smallest absolute Gasteiger partial charge is 0.248 e. The largest absolute Gasteiger partial charge is 0.392 e. The predicted octanol–water partition coefficient (Wildman–Crippen LogP) is 2.71. The molecule has 0 heterocycles. The van der Waals surface area contributed by atoms with Crippen molar-refractivity contribution < 1.29 is 9.90 Å². The Bertz CT molecular complexity index is 579. The van der Waals surface area contributed by atoms with Gasteiger partial charge in [0.2, 0.25) is 5.91 Å². The van der Waals surface area contributed by atoms with Crippen molar-refractivity contribution in [2.75, 3.05) is 0 Å². The maximum absolute atomic E-state index is 11.2. The van der Waals surface area contributed by atoms with Crippen molar-refractivity contribution in [2.45, 2.75) is 6.61 Å². The molecule has 1 amide bonds. The summed E-state index contributed by atoms with van der Waals surface area (Å²) in [5.41, 5.74) is 8.47. The zero-order valence-electron chi connectivity index (χ0n) is 9.56. The highest BCUT2D eigenvalue weighted by molar-refractivity contribution is 9.10. The van der Waals surface area contributed by atoms with E-state index in [9.17, 15) is 4.79 Å². The minimum Gasteiger partial charge on any atom is -0.392 e. The van der Waals surface area contributed by atoms with Gasteiger partial charge in [-0.1, -0.05) is 40.2 Å². The number of hydrogen-bond acceptors (Lipinski definition) is 2. The highest BCUT2D eigenvalue weighted by Gasteiger charge is 2.06. The Labute approximate surface area is 113 Å². The molecule has 0 aliphatic rings. The average molecular weight is 306 g/mol. The molecule has 0 radical (unpaired) electrons. The molecule has 0 bridgehead atoms. The maximum Gasteiger partial charge on any atom is 0.248 e. The summed E-state index contributed by atoms with van der Waals surface area (Å²) in [5, 5.41) is 8.99. The van der Waals surface area contributed by atoms with Crippen LogP contribution in [0.15, 0.2) is 46.9 Å². The van der Waals surface area contributed by atoms with E-state index in [0.29, 0.717) is 5.56 Å². The Morgan fingerprint density at radius 2 is 1.78 bits per heavy atom. The molecule has 2 rings (SSSR count). The Balaban J connectivity index is 2.46. The van der Waals surface area contributed by atoms with E-state index in [1.165, 1.54) is 0 Å². The van der Waals surface area contributed by atoms with Gasteiger partial charge in [-0.25, -0.2) is 0 Å². The van der Waals surface area contributed by atoms with E-state index in [1.54, 1.807) is 12.1 Å². The Kier molecular flexibility index (Phi) is 3.79. The summed E-state index contributed by atoms with van der Waals surface area (Å²) in [6, 6.07) is 12.9. The third-order valence-electron chi connectivity index (χ3n) is 2.65. The second-order valence-electron chi connectivity index (χ2n) is 3.95. The third-order valence-corrected chi connectivity index (χ3v) is 3.11. The normalized spacial score (nSPS) is 10.3. The number of rotatable bonds is 3. The molecular weight excluding hydrogens is 294 g/mol. The molecule has 0 saturated heterocycles. The topological polar surface area (TPSA) is 63.3 Å². The predicted molar refractivity (Wildman–Crippen MR) is 74.0 cm³/mol. The first-order valence-corrected chi connectivity index (χ1v) is 6.20. The summed E-state index contributed by atoms with van der Waals surface area (Å²) in [6.07, 6.45) is 0. The molecule has 0 aliphatic carbocycles. The summed E-state index contributed by atoms with van der Waals surface area (Å²) in [4.78, 5) is 11.2. The molecule has 0 saturated carbocycles. The second kappa shape index (κ2) is 5.33. The molecule has 2 aromatic carbocycles. The van der Waals surface area contributed by atoms with Crippen LogP contribution in [0.5, 0.6) is 0 Å². The molecule has 0 fully saturated rings. The van der Waals surface area contributed by atoms with Gasteiger partial charge in [-0.15, -0.1) is 0 Å². The highest BCUT2D eigenvalue weighted by atomic mass is 79.9. The number of amides is 1. The van der Waals surface area contributed by atoms with Gasteiger partial charge in [0.15, 0.2) is 0 Å². The van der Waals surface area contributed by atoms with Crippen molar-refractivity contribution in [3.63, 3.8) is 0 Å². The molecule has 0 aromatic heterocycles. The van der Waals surface area contributed by atoms with E-state index in [4.69, 9.17) is 10.8 Å². The number of carbonyl (C=O) groups is 1. The average Bonchev–Trinajstić information content (AvgIpc) is 2.38. The van der Waals surface area contributed by atoms with Crippen molar-refractivity contribution in [3.05, 3.63) is 58.1 Å². The van der Waals surface area contributed by atoms with E-state index in [1.807, 2.05) is 30.3 Å². The van der Waals surface area contributed by atoms with Crippen LogP contribution in [0.4, 0.5) is 0 Å². The van der Waals surface area contributed by atoms with Crippen LogP contribution in [0.1, 0.15) is 15.9 Å². The minimum absolute atomic E-state index is 0.0191. The van der Waals surface area contributed by atoms with Crippen molar-refractivity contribution >= 4 is 21.8 Å². The summed E-state index contributed by atoms with van der Waals surface area (Å²) in [5.74, 6) is -0.454. The monoisotopic (exact) mass is 305 g/mol. The molecule has 18 heavy (non-hydrogen) atoms. The van der Waals surface area contributed by atoms with Crippen LogP contribution in [0.2, 0.25) is 0 Å². The fourth-order valence-electron chi connectivity index (χ4n) is 1.70. The van der Waals surface area contributed by atoms with Crippen molar-refractivity contribution in [2.24, 2.45) is 5.73 Å². The lowest BCUT2D eigenvalue weighted by Crippen LogP contribution is -2.10. The molecule has 3 nitrogen and oxygen atoms in total. The van der Waals surface area contributed by atoms with E-state index < -0.39 is 5.91 Å². The number of benzene rings is 2. The van der Waals surface area contributed by atoms with Gasteiger partial charge in [0, 0.05) is 10.0 Å². The molecule has 0 atom stereocenters. The standard InChI is InChI=1S/C14H12BrNO2/c15-13-6-11(5-12(7-13)14(16)18)10-3-1-9(8-17)2-4-10/h1-7,17H,8H2,(H2,16,18). The number of aliphatic hydroxyl groups is 1. The molecule has 3 N–H and O–H groups in total. The van der Waals surface area contributed by atoms with Gasteiger partial charge < -0.3 is 10.8 Å². The Hall–Kier alpha value is -1.65. The first-order chi connectivity index (χ1) is 8.60. The van der Waals surface area contributed by atoms with Gasteiger partial charge >= 0.3 is 0 Å². The lowest BCUT2D eigenvalue weighted by molar-refractivity contribution is 0.100. The molecular formula is C14H12BrNO2. The first-order valence-electron chi connectivity index (χ1n) is 5.40. The quantitative estimate of drug-likeness (QED) is 0.916. The molecule has 0 spiro atoms. The number of primary amides is 1. The van der Waals surface area contributed by atoms with E-state index in [-0.39, 0.29) is 6.61 Å². The second-order valence-corrected chi connectivity index (χ2v) is 4.86. The number of aliphatic hydroxyl groups excluding tert-OH is 1. The van der Waals surface area contributed by atoms with E-state index in [0.717, 1.165) is 21.2 Å². The third kappa shape index (κ3) is 2.78. The van der Waals surface area contributed by atoms with E-state index in [2.05, 4.69) is 15.9 Å². The van der Waals surface area contributed by atoms with Crippen LogP contribution in [0.3, 0.4) is 0 Å². The van der Waals surface area contributed by atoms with Crippen LogP contribution in [0, 0.1) is 0 Å². The summed E-state index contributed by atoms with van der Waals surface area (Å²) in [6.45, 7) is 0.0191. The van der Waals surface area contributed by atoms with Crippen LogP contribution in [-0.4, -0.2) is 11.0 Å². The lowest BCUT2D eigenvalue weighted by Gasteiger charge is -2.06. The Morgan fingerprint density at radius 1 is 1.11 bits per heavy atom. The number of carbonyl (C=O) groups excluding carboxylic acids is 1. The van der Waals surface area contributed by atoms with Crippen molar-refractivity contribution in [1.82, 2.24) is 0 Å². The van der Waals surface area contributed by atoms with Crippen molar-refractivity contribution in [3.8, 4) is 11.1 Å². The highest BCUT2D eigenvalue weighted by Crippen LogP contribution is 2.25. The summed E-state index contributed by atoms with van der Waals surface area (Å²) < 4.78 is 0.806. The van der Waals surface area contributed by atoms with Gasteiger partial charge in [0.05, 0.1) is 6.61 Å². The van der Waals surface area contributed by atoms with Crippen LogP contribution in [0.25, 0.3) is 11.1 Å². The molecule has 92 valence electrons. The SMILES string of the molecule is NC(=O)c1cc(Br)cc(-c2ccc(CO)cc2)c1. The maximum atomic E-state index is 11.2. The molecule has 4 heteroatoms. The molecule has 2 aromatic rings. The minimum atomic E-state index is -0.454. The fourth-order valence-corrected chi connectivity index (χ4v) is 2.19. The number of nitrogens with two attached hydrogens (primary N) is 1. The summed E-state index contributed by atoms with van der Waals surface area (Å²) >= 11 is 3.36. The fraction of sp³-hybridized carbons (Fsp3) is 0.0714. The van der Waals surface area contributed by atoms with Crippen LogP contribution in [-0.2, 0) is 6.61 Å². The van der Waals surface area contributed by atoms with Gasteiger partial charge in [-0.3, -0.25) is 4.79 Å². The van der Waals surface area contributed by atoms with Gasteiger partial charge in [0.1, 0.15) is 0 Å².